The van der Waals surface area contributed by atoms with Crippen LogP contribution in [0.5, 0.6) is 0 Å². The minimum Gasteiger partial charge on any atom is -0.361 e. The standard InChI is InChI=1S/C24H34O12/c1-13(25)17(3)11-23(29)21(7,31-17)34-20(6,36-23)16(28)10-9-15(27)18(4)12-24(30)22(8,32-18)33-19(5,35-24)14(2)26/h29-30H,9-12H2,1-8H3/t17-,18+,19+,20-,21?,22-,23?,24-/m1/s1. The van der Waals surface area contributed by atoms with Gasteiger partial charge in [-0.15, -0.1) is 0 Å². The Labute approximate surface area is 208 Å². The topological polar surface area (TPSA) is 164 Å². The second-order valence-corrected chi connectivity index (χ2v) is 11.2. The number of carbonyl (C=O) groups excluding carboxylic acids is 4. The number of ether oxygens (including phenoxy) is 6. The van der Waals surface area contributed by atoms with Gasteiger partial charge in [0, 0.05) is 32.6 Å². The van der Waals surface area contributed by atoms with Gasteiger partial charge in [0.2, 0.25) is 34.7 Å². The maximum atomic E-state index is 13.1. The summed E-state index contributed by atoms with van der Waals surface area (Å²) >= 11 is 0. The molecule has 2 unspecified atom stereocenters. The summed E-state index contributed by atoms with van der Waals surface area (Å²) in [6.07, 6.45) is -1.22. The first kappa shape index (κ1) is 27.4. The summed E-state index contributed by atoms with van der Waals surface area (Å²) in [5.74, 6) is -13.3. The highest BCUT2D eigenvalue weighted by Crippen LogP contribution is 2.57. The van der Waals surface area contributed by atoms with Crippen LogP contribution in [0.1, 0.15) is 81.1 Å². The summed E-state index contributed by atoms with van der Waals surface area (Å²) in [4.78, 5) is 50.1. The lowest BCUT2D eigenvalue weighted by molar-refractivity contribution is -0.272. The van der Waals surface area contributed by atoms with Gasteiger partial charge in [-0.3, -0.25) is 19.2 Å². The van der Waals surface area contributed by atoms with E-state index >= 15 is 0 Å². The minimum absolute atomic E-state index is 0.240. The van der Waals surface area contributed by atoms with Crippen molar-refractivity contribution in [2.75, 3.05) is 0 Å². The summed E-state index contributed by atoms with van der Waals surface area (Å²) in [6, 6.07) is 0. The first-order valence-corrected chi connectivity index (χ1v) is 11.8. The van der Waals surface area contributed by atoms with Gasteiger partial charge in [-0.25, -0.2) is 0 Å². The minimum atomic E-state index is -2.07. The van der Waals surface area contributed by atoms with E-state index in [2.05, 4.69) is 0 Å². The largest absolute Gasteiger partial charge is 0.361 e. The molecule has 0 aromatic carbocycles. The molecule has 4 saturated heterocycles. The van der Waals surface area contributed by atoms with E-state index in [1.807, 2.05) is 0 Å². The number of aliphatic hydroxyl groups is 2. The molecule has 12 heteroatoms. The third-order valence-corrected chi connectivity index (χ3v) is 7.98. The van der Waals surface area contributed by atoms with Crippen LogP contribution in [0.3, 0.4) is 0 Å². The fourth-order valence-corrected chi connectivity index (χ4v) is 5.54. The van der Waals surface area contributed by atoms with Gasteiger partial charge in [0.15, 0.2) is 23.1 Å². The molecule has 8 atom stereocenters. The molecule has 4 heterocycles. The average molecular weight is 515 g/mol. The first-order valence-electron chi connectivity index (χ1n) is 11.8. The van der Waals surface area contributed by atoms with E-state index in [1.165, 1.54) is 55.4 Å². The third-order valence-electron chi connectivity index (χ3n) is 7.98. The molecule has 0 aromatic rings. The van der Waals surface area contributed by atoms with Crippen LogP contribution in [0.25, 0.3) is 0 Å². The van der Waals surface area contributed by atoms with E-state index in [9.17, 15) is 29.4 Å². The number of ketones is 4. The van der Waals surface area contributed by atoms with Crippen molar-refractivity contribution in [1.29, 1.82) is 0 Å². The molecule has 0 bridgehead atoms. The van der Waals surface area contributed by atoms with Crippen LogP contribution in [-0.2, 0) is 47.6 Å². The highest BCUT2D eigenvalue weighted by Gasteiger charge is 2.75. The van der Waals surface area contributed by atoms with Crippen LogP contribution in [-0.4, -0.2) is 79.3 Å². The highest BCUT2D eigenvalue weighted by molar-refractivity contribution is 5.94. The molecule has 4 rings (SSSR count). The third kappa shape index (κ3) is 3.65. The van der Waals surface area contributed by atoms with Crippen LogP contribution >= 0.6 is 0 Å². The second-order valence-electron chi connectivity index (χ2n) is 11.2. The summed E-state index contributed by atoms with van der Waals surface area (Å²) < 4.78 is 34.1. The Morgan fingerprint density at radius 3 is 1.47 bits per heavy atom. The van der Waals surface area contributed by atoms with E-state index in [0.29, 0.717) is 0 Å². The monoisotopic (exact) mass is 514 g/mol. The molecule has 0 radical (unpaired) electrons. The molecule has 202 valence electrons. The lowest BCUT2D eigenvalue weighted by Gasteiger charge is -2.31. The fourth-order valence-electron chi connectivity index (χ4n) is 5.54. The SMILES string of the molecule is CC(=O)[C@@]1(C)O[C@@]2(C)O[C@](C)(C(=O)CCC(=O)[C@@]3(C)OC4(O)C[C@](C)(C(C)=O)OC4(C)O3)C[C@@]2(O)O1. The van der Waals surface area contributed by atoms with Gasteiger partial charge in [-0.05, 0) is 48.5 Å². The lowest BCUT2D eigenvalue weighted by atomic mass is 9.89. The molecule has 0 spiro atoms. The van der Waals surface area contributed by atoms with Crippen molar-refractivity contribution in [1.82, 2.24) is 0 Å². The molecule has 36 heavy (non-hydrogen) atoms. The molecule has 4 aliphatic heterocycles. The van der Waals surface area contributed by atoms with E-state index < -0.39 is 63.3 Å². The zero-order valence-corrected chi connectivity index (χ0v) is 21.8. The predicted octanol–water partition coefficient (Wildman–Crippen LogP) is 0.776. The van der Waals surface area contributed by atoms with E-state index in [0.717, 1.165) is 0 Å². The molecule has 0 aromatic heterocycles. The van der Waals surface area contributed by atoms with Crippen molar-refractivity contribution in [2.24, 2.45) is 0 Å². The molecule has 0 aliphatic carbocycles. The molecule has 2 N–H and O–H groups in total. The Bertz CT molecular complexity index is 930. The quantitative estimate of drug-likeness (QED) is 0.491. The van der Waals surface area contributed by atoms with Crippen molar-refractivity contribution in [3.8, 4) is 0 Å². The van der Waals surface area contributed by atoms with Crippen LogP contribution in [0.2, 0.25) is 0 Å². The molecule has 12 nitrogen and oxygen atoms in total. The number of hydrogen-bond acceptors (Lipinski definition) is 12. The summed E-state index contributed by atoms with van der Waals surface area (Å²) in [5, 5.41) is 22.1. The predicted molar refractivity (Wildman–Crippen MR) is 117 cm³/mol. The molecule has 0 saturated carbocycles. The van der Waals surface area contributed by atoms with Gasteiger partial charge < -0.3 is 38.6 Å². The Kier molecular flexibility index (Phi) is 5.69. The zero-order valence-electron chi connectivity index (χ0n) is 21.8. The molecule has 4 fully saturated rings. The van der Waals surface area contributed by atoms with E-state index in [4.69, 9.17) is 28.4 Å². The normalized spacial score (nSPS) is 51.7. The van der Waals surface area contributed by atoms with Gasteiger partial charge in [-0.1, -0.05) is 0 Å². The maximum absolute atomic E-state index is 13.1. The zero-order chi connectivity index (χ0) is 27.4. The van der Waals surface area contributed by atoms with Crippen LogP contribution in [0.15, 0.2) is 0 Å². The van der Waals surface area contributed by atoms with Crippen molar-refractivity contribution in [2.45, 2.75) is 127 Å². The lowest BCUT2D eigenvalue weighted by Crippen LogP contribution is -2.46. The van der Waals surface area contributed by atoms with Crippen molar-refractivity contribution in [3.63, 3.8) is 0 Å². The average Bonchev–Trinajstić information content (AvgIpc) is 3.18. The Balaban J connectivity index is 1.42. The summed E-state index contributed by atoms with van der Waals surface area (Å²) in [6.45, 7) is 10.9. The number of rotatable bonds is 7. The van der Waals surface area contributed by atoms with Crippen molar-refractivity contribution in [3.05, 3.63) is 0 Å². The van der Waals surface area contributed by atoms with Gasteiger partial charge in [0.1, 0.15) is 11.2 Å². The van der Waals surface area contributed by atoms with Crippen molar-refractivity contribution >= 4 is 23.1 Å². The Hall–Kier alpha value is -1.64. The van der Waals surface area contributed by atoms with Crippen LogP contribution in [0, 0.1) is 0 Å². The van der Waals surface area contributed by atoms with Gasteiger partial charge in [0.05, 0.1) is 0 Å². The Morgan fingerprint density at radius 1 is 0.583 bits per heavy atom. The number of carbonyl (C=O) groups is 4. The molecular weight excluding hydrogens is 480 g/mol. The van der Waals surface area contributed by atoms with E-state index in [-0.39, 0.29) is 31.5 Å². The molecule has 4 aliphatic rings. The van der Waals surface area contributed by atoms with Crippen LogP contribution in [0.4, 0.5) is 0 Å². The highest BCUT2D eigenvalue weighted by atomic mass is 16.9. The van der Waals surface area contributed by atoms with Gasteiger partial charge >= 0.3 is 0 Å². The number of Topliss-reactive ketones (excluding diaryl/α,β-unsaturated/α-hetero) is 4. The first-order chi connectivity index (χ1) is 16.1. The molecule has 0 amide bonds. The summed E-state index contributed by atoms with van der Waals surface area (Å²) in [5.41, 5.74) is -2.93. The number of fused-ring (bicyclic) bond motifs is 2. The van der Waals surface area contributed by atoms with Gasteiger partial charge in [0.25, 0.3) is 0 Å². The van der Waals surface area contributed by atoms with E-state index in [1.54, 1.807) is 0 Å². The maximum Gasteiger partial charge on any atom is 0.231 e. The second kappa shape index (κ2) is 7.48. The summed E-state index contributed by atoms with van der Waals surface area (Å²) in [7, 11) is 0. The van der Waals surface area contributed by atoms with Crippen molar-refractivity contribution < 1.29 is 57.8 Å². The fraction of sp³-hybridized carbons (Fsp3) is 0.833. The number of hydrogen-bond donors (Lipinski definition) is 2. The van der Waals surface area contributed by atoms with Crippen LogP contribution < -0.4 is 0 Å². The molecular formula is C24H34O12. The smallest absolute Gasteiger partial charge is 0.231 e. The Morgan fingerprint density at radius 2 is 1.00 bits per heavy atom. The van der Waals surface area contributed by atoms with Gasteiger partial charge in [-0.2, -0.15) is 0 Å².